The summed E-state index contributed by atoms with van der Waals surface area (Å²) in [5, 5.41) is 1.11. The van der Waals surface area contributed by atoms with Gasteiger partial charge in [-0.05, 0) is 44.8 Å². The third kappa shape index (κ3) is 1.88. The van der Waals surface area contributed by atoms with Crippen LogP contribution in [-0.2, 0) is 6.42 Å². The van der Waals surface area contributed by atoms with Crippen molar-refractivity contribution in [1.29, 1.82) is 0 Å². The van der Waals surface area contributed by atoms with Gasteiger partial charge in [0.1, 0.15) is 0 Å². The average Bonchev–Trinajstić information content (AvgIpc) is 3.09. The molecular formula is C17H20N2O. The zero-order chi connectivity index (χ0) is 13.5. The lowest BCUT2D eigenvalue weighted by atomic mass is 9.85. The van der Waals surface area contributed by atoms with Crippen LogP contribution in [0.4, 0.5) is 0 Å². The number of carbonyl (C=O) groups is 1. The number of carbonyl (C=O) groups excluding carboxylic acids is 1. The van der Waals surface area contributed by atoms with Gasteiger partial charge in [-0.25, -0.2) is 0 Å². The van der Waals surface area contributed by atoms with E-state index in [1.807, 2.05) is 12.1 Å². The maximum absolute atomic E-state index is 12.8. The Kier molecular flexibility index (Phi) is 2.88. The van der Waals surface area contributed by atoms with Gasteiger partial charge in [-0.1, -0.05) is 18.2 Å². The summed E-state index contributed by atoms with van der Waals surface area (Å²) in [7, 11) is 0. The van der Waals surface area contributed by atoms with Crippen molar-refractivity contribution < 1.29 is 4.79 Å². The van der Waals surface area contributed by atoms with Gasteiger partial charge in [-0.15, -0.1) is 0 Å². The van der Waals surface area contributed by atoms with Crippen LogP contribution in [0.25, 0.3) is 10.9 Å². The number of fused-ring (bicyclic) bond motifs is 3. The number of para-hydroxylation sites is 1. The van der Waals surface area contributed by atoms with Gasteiger partial charge in [0.05, 0.1) is 0 Å². The van der Waals surface area contributed by atoms with Crippen molar-refractivity contribution in [3.63, 3.8) is 0 Å². The number of aromatic nitrogens is 1. The van der Waals surface area contributed by atoms with E-state index in [9.17, 15) is 4.79 Å². The van der Waals surface area contributed by atoms with E-state index in [0.717, 1.165) is 41.5 Å². The second kappa shape index (κ2) is 4.74. The van der Waals surface area contributed by atoms with Gasteiger partial charge in [0.25, 0.3) is 0 Å². The van der Waals surface area contributed by atoms with Crippen LogP contribution in [-0.4, -0.2) is 35.3 Å². The first kappa shape index (κ1) is 12.2. The Morgan fingerprint density at radius 3 is 2.85 bits per heavy atom. The van der Waals surface area contributed by atoms with Gasteiger partial charge in [0.2, 0.25) is 0 Å². The number of Topliss-reactive ketones (excluding diaryl/α,β-unsaturated/α-hetero) is 1. The first-order chi connectivity index (χ1) is 9.83. The molecule has 3 heteroatoms. The third-order valence-electron chi connectivity index (χ3n) is 4.82. The van der Waals surface area contributed by atoms with E-state index >= 15 is 0 Å². The smallest absolute Gasteiger partial charge is 0.169 e. The largest absolute Gasteiger partial charge is 0.358 e. The van der Waals surface area contributed by atoms with Crippen LogP contribution in [0, 0.1) is 5.92 Å². The molecule has 4 rings (SSSR count). The van der Waals surface area contributed by atoms with Crippen LogP contribution in [0.2, 0.25) is 0 Å². The van der Waals surface area contributed by atoms with Gasteiger partial charge < -0.3 is 9.88 Å². The molecule has 0 bridgehead atoms. The molecule has 2 aliphatic rings. The molecule has 0 radical (unpaired) electrons. The molecule has 2 aromatic rings. The van der Waals surface area contributed by atoms with Crippen molar-refractivity contribution in [2.24, 2.45) is 5.92 Å². The van der Waals surface area contributed by atoms with Crippen molar-refractivity contribution >= 4 is 16.7 Å². The number of hydrogen-bond donors (Lipinski definition) is 1. The van der Waals surface area contributed by atoms with Crippen LogP contribution in [0.5, 0.6) is 0 Å². The monoisotopic (exact) mass is 268 g/mol. The summed E-state index contributed by atoms with van der Waals surface area (Å²) in [6, 6.07) is 8.18. The Bertz CT molecular complexity index is 652. The SMILES string of the molecule is O=C1c2c([nH]c3ccccc23)CCC1CN1CCCC1. The highest BCUT2D eigenvalue weighted by molar-refractivity contribution is 6.11. The number of aryl methyl sites for hydroxylation is 1. The summed E-state index contributed by atoms with van der Waals surface area (Å²) in [5.41, 5.74) is 3.22. The maximum atomic E-state index is 12.8. The lowest BCUT2D eigenvalue weighted by molar-refractivity contribution is 0.0870. The van der Waals surface area contributed by atoms with E-state index in [1.165, 1.54) is 25.9 Å². The summed E-state index contributed by atoms with van der Waals surface area (Å²) in [6.45, 7) is 3.30. The van der Waals surface area contributed by atoms with Crippen LogP contribution >= 0.6 is 0 Å². The van der Waals surface area contributed by atoms with Crippen LogP contribution in [0.15, 0.2) is 24.3 Å². The molecular weight excluding hydrogens is 248 g/mol. The molecule has 104 valence electrons. The topological polar surface area (TPSA) is 36.1 Å². The fraction of sp³-hybridized carbons (Fsp3) is 0.471. The molecule has 3 nitrogen and oxygen atoms in total. The van der Waals surface area contributed by atoms with Crippen LogP contribution < -0.4 is 0 Å². The molecule has 0 amide bonds. The van der Waals surface area contributed by atoms with E-state index < -0.39 is 0 Å². The molecule has 1 atom stereocenters. The molecule has 1 N–H and O–H groups in total. The Morgan fingerprint density at radius 1 is 1.20 bits per heavy atom. The number of rotatable bonds is 2. The van der Waals surface area contributed by atoms with Gasteiger partial charge in [-0.3, -0.25) is 4.79 Å². The van der Waals surface area contributed by atoms with Gasteiger partial charge in [0, 0.05) is 34.6 Å². The van der Waals surface area contributed by atoms with Crippen molar-refractivity contribution in [2.75, 3.05) is 19.6 Å². The molecule has 0 saturated carbocycles. The van der Waals surface area contributed by atoms with E-state index in [2.05, 4.69) is 22.0 Å². The van der Waals surface area contributed by atoms with E-state index in [1.54, 1.807) is 0 Å². The molecule has 1 saturated heterocycles. The molecule has 2 heterocycles. The average molecular weight is 268 g/mol. The Balaban J connectivity index is 1.67. The maximum Gasteiger partial charge on any atom is 0.169 e. The molecule has 1 unspecified atom stereocenters. The first-order valence-corrected chi connectivity index (χ1v) is 7.69. The summed E-state index contributed by atoms with van der Waals surface area (Å²) < 4.78 is 0. The van der Waals surface area contributed by atoms with E-state index in [0.29, 0.717) is 5.78 Å². The minimum Gasteiger partial charge on any atom is -0.358 e. The summed E-state index contributed by atoms with van der Waals surface area (Å²) in [5.74, 6) is 0.551. The fourth-order valence-corrected chi connectivity index (χ4v) is 3.77. The molecule has 1 fully saturated rings. The number of likely N-dealkylation sites (tertiary alicyclic amines) is 1. The third-order valence-corrected chi connectivity index (χ3v) is 4.82. The number of hydrogen-bond acceptors (Lipinski definition) is 2. The summed E-state index contributed by atoms with van der Waals surface area (Å²) >= 11 is 0. The Labute approximate surface area is 119 Å². The predicted octanol–water partition coefficient (Wildman–Crippen LogP) is 3.01. The number of nitrogens with one attached hydrogen (secondary N) is 1. The Morgan fingerprint density at radius 2 is 2.00 bits per heavy atom. The highest BCUT2D eigenvalue weighted by atomic mass is 16.1. The van der Waals surface area contributed by atoms with Gasteiger partial charge >= 0.3 is 0 Å². The number of nitrogens with zero attached hydrogens (tertiary/aromatic N) is 1. The van der Waals surface area contributed by atoms with Crippen molar-refractivity contribution in [3.05, 3.63) is 35.5 Å². The van der Waals surface area contributed by atoms with E-state index in [4.69, 9.17) is 0 Å². The van der Waals surface area contributed by atoms with Crippen molar-refractivity contribution in [1.82, 2.24) is 9.88 Å². The molecule has 1 aromatic heterocycles. The van der Waals surface area contributed by atoms with E-state index in [-0.39, 0.29) is 5.92 Å². The molecule has 20 heavy (non-hydrogen) atoms. The minimum absolute atomic E-state index is 0.194. The Hall–Kier alpha value is -1.61. The molecule has 1 aromatic carbocycles. The lowest BCUT2D eigenvalue weighted by Crippen LogP contribution is -2.34. The van der Waals surface area contributed by atoms with Crippen molar-refractivity contribution in [2.45, 2.75) is 25.7 Å². The van der Waals surface area contributed by atoms with Gasteiger partial charge in [-0.2, -0.15) is 0 Å². The predicted molar refractivity (Wildman–Crippen MR) is 80.1 cm³/mol. The standard InChI is InChI=1S/C17H20N2O/c20-17-12(11-19-9-3-4-10-19)7-8-15-16(17)13-5-1-2-6-14(13)18-15/h1-2,5-6,12,18H,3-4,7-11H2. The molecule has 1 aliphatic heterocycles. The zero-order valence-corrected chi connectivity index (χ0v) is 11.7. The van der Waals surface area contributed by atoms with Gasteiger partial charge in [0.15, 0.2) is 5.78 Å². The number of H-pyrrole nitrogens is 1. The second-order valence-corrected chi connectivity index (χ2v) is 6.13. The first-order valence-electron chi connectivity index (χ1n) is 7.69. The summed E-state index contributed by atoms with van der Waals surface area (Å²) in [4.78, 5) is 18.7. The number of benzene rings is 1. The molecule has 0 spiro atoms. The number of aromatic amines is 1. The zero-order valence-electron chi connectivity index (χ0n) is 11.7. The second-order valence-electron chi connectivity index (χ2n) is 6.13. The minimum atomic E-state index is 0.194. The van der Waals surface area contributed by atoms with Crippen molar-refractivity contribution in [3.8, 4) is 0 Å². The fourth-order valence-electron chi connectivity index (χ4n) is 3.77. The molecule has 1 aliphatic carbocycles. The highest BCUT2D eigenvalue weighted by Gasteiger charge is 2.32. The lowest BCUT2D eigenvalue weighted by Gasteiger charge is -2.25. The van der Waals surface area contributed by atoms with Crippen LogP contribution in [0.1, 0.15) is 35.3 Å². The quantitative estimate of drug-likeness (QED) is 0.909. The summed E-state index contributed by atoms with van der Waals surface area (Å²) in [6.07, 6.45) is 4.59. The highest BCUT2D eigenvalue weighted by Crippen LogP contribution is 2.32. The number of ketones is 1. The normalized spacial score (nSPS) is 23.4. The van der Waals surface area contributed by atoms with Crippen LogP contribution in [0.3, 0.4) is 0 Å².